The van der Waals surface area contributed by atoms with Crippen molar-refractivity contribution >= 4 is 6.47 Å². The van der Waals surface area contributed by atoms with Crippen LogP contribution < -0.4 is 0 Å². The van der Waals surface area contributed by atoms with Crippen LogP contribution in [0.15, 0.2) is 30.3 Å². The van der Waals surface area contributed by atoms with Gasteiger partial charge in [0.2, 0.25) is 0 Å². The molecule has 0 spiro atoms. The van der Waals surface area contributed by atoms with E-state index in [1.807, 2.05) is 18.2 Å². The van der Waals surface area contributed by atoms with E-state index < -0.39 is 0 Å². The molecule has 1 aromatic carbocycles. The monoisotopic (exact) mass is 177 g/mol. The molecule has 0 aromatic heterocycles. The second-order valence-corrected chi connectivity index (χ2v) is 3.03. The molecule has 0 fully saturated rings. The van der Waals surface area contributed by atoms with E-state index in [1.165, 1.54) is 12.0 Å². The molecule has 13 heavy (non-hydrogen) atoms. The van der Waals surface area contributed by atoms with Crippen LogP contribution in [0.5, 0.6) is 0 Å². The minimum atomic E-state index is 0.426. The van der Waals surface area contributed by atoms with Crippen molar-refractivity contribution in [2.24, 2.45) is 0 Å². The minimum Gasteiger partial charge on any atom is -0.457 e. The Morgan fingerprint density at radius 1 is 1.38 bits per heavy atom. The first-order valence-electron chi connectivity index (χ1n) is 4.38. The second-order valence-electron chi connectivity index (χ2n) is 3.03. The Kier molecular flexibility index (Phi) is 4.03. The summed E-state index contributed by atoms with van der Waals surface area (Å²) in [7, 11) is 0. The van der Waals surface area contributed by atoms with Crippen LogP contribution in [0.1, 0.15) is 24.8 Å². The van der Waals surface area contributed by atoms with Crippen molar-refractivity contribution < 1.29 is 9.53 Å². The maximum atomic E-state index is 9.78. The first kappa shape index (κ1) is 9.78. The maximum Gasteiger partial charge on any atom is 0.417 e. The predicted molar refractivity (Wildman–Crippen MR) is 51.1 cm³/mol. The molecule has 0 aliphatic heterocycles. The third-order valence-electron chi connectivity index (χ3n) is 2.08. The molecule has 0 heterocycles. The molecule has 2 nitrogen and oxygen atoms in total. The lowest BCUT2D eigenvalue weighted by Gasteiger charge is -2.09. The van der Waals surface area contributed by atoms with Gasteiger partial charge in [-0.2, -0.15) is 0 Å². The predicted octanol–water partition coefficient (Wildman–Crippen LogP) is 2.26. The third-order valence-corrected chi connectivity index (χ3v) is 2.08. The molecule has 0 aliphatic carbocycles. The van der Waals surface area contributed by atoms with Crippen LogP contribution in [0.2, 0.25) is 0 Å². The van der Waals surface area contributed by atoms with E-state index in [2.05, 4.69) is 23.8 Å². The maximum absolute atomic E-state index is 9.78. The first-order chi connectivity index (χ1) is 6.34. The van der Waals surface area contributed by atoms with E-state index in [0.717, 1.165) is 6.42 Å². The zero-order valence-corrected chi connectivity index (χ0v) is 7.69. The summed E-state index contributed by atoms with van der Waals surface area (Å²) in [6.45, 7) is 3.98. The summed E-state index contributed by atoms with van der Waals surface area (Å²) in [5.41, 5.74) is 1.27. The molecule has 2 heteroatoms. The summed E-state index contributed by atoms with van der Waals surface area (Å²) in [6, 6.07) is 10.2. The van der Waals surface area contributed by atoms with E-state index in [9.17, 15) is 4.79 Å². The van der Waals surface area contributed by atoms with Gasteiger partial charge in [0.25, 0.3) is 0 Å². The average molecular weight is 177 g/mol. The topological polar surface area (TPSA) is 26.3 Å². The third kappa shape index (κ3) is 3.28. The van der Waals surface area contributed by atoms with Gasteiger partial charge in [-0.05, 0) is 17.9 Å². The summed E-state index contributed by atoms with van der Waals surface area (Å²) in [5.74, 6) is 0.426. The van der Waals surface area contributed by atoms with Gasteiger partial charge >= 0.3 is 6.47 Å². The molecule has 0 bridgehead atoms. The zero-order valence-electron chi connectivity index (χ0n) is 7.69. The molecule has 1 aromatic rings. The zero-order chi connectivity index (χ0) is 9.52. The summed E-state index contributed by atoms with van der Waals surface area (Å²) in [5, 5.41) is 0. The van der Waals surface area contributed by atoms with Crippen molar-refractivity contribution in [3.8, 4) is 0 Å². The van der Waals surface area contributed by atoms with Crippen LogP contribution in [0.3, 0.4) is 0 Å². The number of ether oxygens (including phenoxy) is 1. The van der Waals surface area contributed by atoms with Gasteiger partial charge in [0.1, 0.15) is 0 Å². The molecule has 1 radical (unpaired) electrons. The van der Waals surface area contributed by atoms with Crippen molar-refractivity contribution in [1.82, 2.24) is 0 Å². The first-order valence-corrected chi connectivity index (χ1v) is 4.38. The molecule has 0 N–H and O–H groups in total. The summed E-state index contributed by atoms with van der Waals surface area (Å²) < 4.78 is 4.52. The van der Waals surface area contributed by atoms with Gasteiger partial charge in [-0.15, -0.1) is 0 Å². The molecular formula is C11H13O2. The Bertz CT molecular complexity index is 244. The molecular weight excluding hydrogens is 164 g/mol. The molecule has 1 rings (SSSR count). The van der Waals surface area contributed by atoms with E-state index in [1.54, 1.807) is 0 Å². The van der Waals surface area contributed by atoms with Crippen LogP contribution in [0.25, 0.3) is 0 Å². The largest absolute Gasteiger partial charge is 0.457 e. The van der Waals surface area contributed by atoms with E-state index in [4.69, 9.17) is 0 Å². The molecule has 0 saturated carbocycles. The van der Waals surface area contributed by atoms with Crippen LogP contribution in [-0.4, -0.2) is 13.1 Å². The lowest BCUT2D eigenvalue weighted by atomic mass is 9.98. The fraction of sp³-hybridized carbons (Fsp3) is 0.364. The SMILES string of the molecule is CC(CCO[C]=O)c1ccccc1. The van der Waals surface area contributed by atoms with Crippen molar-refractivity contribution in [2.75, 3.05) is 6.61 Å². The van der Waals surface area contributed by atoms with Gasteiger partial charge in [-0.25, -0.2) is 4.79 Å². The van der Waals surface area contributed by atoms with Gasteiger partial charge in [-0.1, -0.05) is 37.3 Å². The normalized spacial score (nSPS) is 12.1. The fourth-order valence-corrected chi connectivity index (χ4v) is 1.23. The Morgan fingerprint density at radius 3 is 2.69 bits per heavy atom. The number of carbonyl (C=O) groups excluding carboxylic acids is 1. The highest BCUT2D eigenvalue weighted by molar-refractivity contribution is 5.38. The van der Waals surface area contributed by atoms with Crippen LogP contribution >= 0.6 is 0 Å². The van der Waals surface area contributed by atoms with Crippen LogP contribution in [0.4, 0.5) is 0 Å². The van der Waals surface area contributed by atoms with Crippen LogP contribution in [-0.2, 0) is 9.53 Å². The van der Waals surface area contributed by atoms with Crippen LogP contribution in [0, 0.1) is 0 Å². The van der Waals surface area contributed by atoms with Crippen molar-refractivity contribution in [2.45, 2.75) is 19.3 Å². The van der Waals surface area contributed by atoms with E-state index >= 15 is 0 Å². The van der Waals surface area contributed by atoms with Gasteiger partial charge in [0.15, 0.2) is 0 Å². The standard InChI is InChI=1S/C11H13O2/c1-10(7-8-13-9-12)11-5-3-2-4-6-11/h2-6,10H,7-8H2,1H3. The lowest BCUT2D eigenvalue weighted by molar-refractivity contribution is 0.265. The van der Waals surface area contributed by atoms with Crippen molar-refractivity contribution in [1.29, 1.82) is 0 Å². The van der Waals surface area contributed by atoms with E-state index in [-0.39, 0.29) is 0 Å². The second kappa shape index (κ2) is 5.36. The summed E-state index contributed by atoms with van der Waals surface area (Å²) >= 11 is 0. The molecule has 0 saturated heterocycles. The van der Waals surface area contributed by atoms with Gasteiger partial charge in [0.05, 0.1) is 6.61 Å². The Morgan fingerprint density at radius 2 is 2.08 bits per heavy atom. The van der Waals surface area contributed by atoms with Crippen molar-refractivity contribution in [3.63, 3.8) is 0 Å². The Hall–Kier alpha value is -1.31. The van der Waals surface area contributed by atoms with E-state index in [0.29, 0.717) is 12.5 Å². The number of hydrogen-bond donors (Lipinski definition) is 0. The number of hydrogen-bond acceptors (Lipinski definition) is 2. The van der Waals surface area contributed by atoms with Gasteiger partial charge in [-0.3, -0.25) is 0 Å². The van der Waals surface area contributed by atoms with Crippen molar-refractivity contribution in [3.05, 3.63) is 35.9 Å². The molecule has 0 amide bonds. The lowest BCUT2D eigenvalue weighted by Crippen LogP contribution is -1.99. The molecule has 1 atom stereocenters. The molecule has 69 valence electrons. The number of benzene rings is 1. The number of rotatable bonds is 5. The highest BCUT2D eigenvalue weighted by Gasteiger charge is 2.03. The smallest absolute Gasteiger partial charge is 0.417 e. The molecule has 1 unspecified atom stereocenters. The average Bonchev–Trinajstić information content (AvgIpc) is 2.19. The van der Waals surface area contributed by atoms with Gasteiger partial charge < -0.3 is 4.74 Å². The summed E-state index contributed by atoms with van der Waals surface area (Å²) in [4.78, 5) is 9.78. The fourth-order valence-electron chi connectivity index (χ4n) is 1.23. The highest BCUT2D eigenvalue weighted by atomic mass is 16.5. The Balaban J connectivity index is 2.39. The quantitative estimate of drug-likeness (QED) is 0.645. The molecule has 0 aliphatic rings. The summed E-state index contributed by atoms with van der Waals surface area (Å²) in [6.07, 6.45) is 0.846. The Labute approximate surface area is 78.5 Å². The highest BCUT2D eigenvalue weighted by Crippen LogP contribution is 2.17. The minimum absolute atomic E-state index is 0.426. The van der Waals surface area contributed by atoms with Gasteiger partial charge in [0, 0.05) is 0 Å².